The molecule has 0 saturated carbocycles. The molecule has 0 aliphatic rings. The Labute approximate surface area is 273 Å². The Morgan fingerprint density at radius 2 is 1.02 bits per heavy atom. The van der Waals surface area contributed by atoms with E-state index in [4.69, 9.17) is 29.2 Å². The molecule has 3 aromatic carbocycles. The minimum absolute atomic E-state index is 0.00143. The van der Waals surface area contributed by atoms with Crippen LogP contribution in [0.1, 0.15) is 79.1 Å². The fraction of sp³-hybridized carbons (Fsp3) is 0.447. The third-order valence-corrected chi connectivity index (χ3v) is 8.46. The Balaban J connectivity index is 1.65. The third kappa shape index (κ3) is 9.35. The zero-order valence-electron chi connectivity index (χ0n) is 28.0. The van der Waals surface area contributed by atoms with Crippen LogP contribution in [0, 0.1) is 11.8 Å². The van der Waals surface area contributed by atoms with Gasteiger partial charge >= 0.3 is 0 Å². The zero-order chi connectivity index (χ0) is 32.9. The summed E-state index contributed by atoms with van der Waals surface area (Å²) in [6.45, 7) is 9.95. The topological polar surface area (TPSA) is 107 Å². The van der Waals surface area contributed by atoms with Gasteiger partial charge in [0.2, 0.25) is 0 Å². The summed E-state index contributed by atoms with van der Waals surface area (Å²) < 4.78 is 17.4. The van der Waals surface area contributed by atoms with Crippen LogP contribution in [0.2, 0.25) is 0 Å². The average Bonchev–Trinajstić information content (AvgIpc) is 3.08. The fourth-order valence-electron chi connectivity index (χ4n) is 5.29. The molecule has 0 aliphatic heterocycles. The number of aromatic hydroxyl groups is 2. The van der Waals surface area contributed by atoms with Gasteiger partial charge in [-0.15, -0.1) is 0 Å². The molecule has 4 aromatic rings. The van der Waals surface area contributed by atoms with Crippen molar-refractivity contribution in [3.8, 4) is 62.9 Å². The molecule has 0 radical (unpaired) electrons. The Morgan fingerprint density at radius 3 is 1.41 bits per heavy atom. The molecule has 0 amide bonds. The first-order valence-electron chi connectivity index (χ1n) is 16.7. The quantitative estimate of drug-likeness (QED) is 0.112. The van der Waals surface area contributed by atoms with Gasteiger partial charge in [-0.3, -0.25) is 0 Å². The SMILES string of the molecule is CCCC[C@@H](CC)COc1ccc(-c2nc(-c3ccc(OC)cc3)nc(-c3ccc(OC[C@H](CC)CCCC)cc3O)n2)c(O)c1. The van der Waals surface area contributed by atoms with Gasteiger partial charge in [0, 0.05) is 17.7 Å². The van der Waals surface area contributed by atoms with E-state index < -0.39 is 0 Å². The second-order valence-corrected chi connectivity index (χ2v) is 11.8. The lowest BCUT2D eigenvalue weighted by molar-refractivity contribution is 0.232. The molecule has 246 valence electrons. The Hall–Kier alpha value is -4.33. The number of hydrogen-bond acceptors (Lipinski definition) is 8. The maximum atomic E-state index is 11.1. The fourth-order valence-corrected chi connectivity index (χ4v) is 5.29. The Kier molecular flexibility index (Phi) is 13.1. The number of methoxy groups -OCH3 is 1. The number of benzene rings is 3. The van der Waals surface area contributed by atoms with Gasteiger partial charge in [0.1, 0.15) is 28.7 Å². The van der Waals surface area contributed by atoms with Crippen LogP contribution in [0.25, 0.3) is 34.2 Å². The molecular weight excluding hydrogens is 578 g/mol. The first kappa shape index (κ1) is 34.5. The van der Waals surface area contributed by atoms with Crippen molar-refractivity contribution < 1.29 is 24.4 Å². The normalized spacial score (nSPS) is 12.5. The highest BCUT2D eigenvalue weighted by Gasteiger charge is 2.18. The number of unbranched alkanes of at least 4 members (excludes halogenated alkanes) is 2. The van der Waals surface area contributed by atoms with Gasteiger partial charge < -0.3 is 24.4 Å². The highest BCUT2D eigenvalue weighted by molar-refractivity contribution is 5.72. The Bertz CT molecular complexity index is 1440. The van der Waals surface area contributed by atoms with E-state index in [9.17, 15) is 10.2 Å². The lowest BCUT2D eigenvalue weighted by Gasteiger charge is -2.16. The zero-order valence-corrected chi connectivity index (χ0v) is 28.0. The summed E-state index contributed by atoms with van der Waals surface area (Å²) in [5.41, 5.74) is 1.60. The van der Waals surface area contributed by atoms with Crippen LogP contribution in [-0.2, 0) is 0 Å². The van der Waals surface area contributed by atoms with Crippen molar-refractivity contribution in [2.75, 3.05) is 20.3 Å². The van der Waals surface area contributed by atoms with Crippen molar-refractivity contribution in [1.29, 1.82) is 0 Å². The van der Waals surface area contributed by atoms with Gasteiger partial charge in [-0.25, -0.2) is 15.0 Å². The second kappa shape index (κ2) is 17.4. The molecule has 2 atom stereocenters. The Morgan fingerprint density at radius 1 is 0.587 bits per heavy atom. The number of nitrogens with zero attached hydrogens (tertiary/aromatic N) is 3. The molecule has 0 bridgehead atoms. The molecule has 0 unspecified atom stereocenters. The number of ether oxygens (including phenoxy) is 3. The molecule has 1 heterocycles. The van der Waals surface area contributed by atoms with E-state index in [2.05, 4.69) is 27.7 Å². The largest absolute Gasteiger partial charge is 0.507 e. The summed E-state index contributed by atoms with van der Waals surface area (Å²) in [6, 6.07) is 17.8. The van der Waals surface area contributed by atoms with Gasteiger partial charge in [-0.2, -0.15) is 0 Å². The second-order valence-electron chi connectivity index (χ2n) is 11.8. The van der Waals surface area contributed by atoms with Crippen molar-refractivity contribution in [3.63, 3.8) is 0 Å². The molecule has 8 heteroatoms. The molecule has 4 rings (SSSR count). The van der Waals surface area contributed by atoms with E-state index in [0.717, 1.165) is 44.1 Å². The van der Waals surface area contributed by atoms with Gasteiger partial charge in [0.05, 0.1) is 31.5 Å². The minimum Gasteiger partial charge on any atom is -0.507 e. The molecule has 8 nitrogen and oxygen atoms in total. The maximum absolute atomic E-state index is 11.1. The van der Waals surface area contributed by atoms with E-state index in [-0.39, 0.29) is 23.1 Å². The standard InChI is InChI=1S/C38H49N3O5/c1-6-10-12-26(8-3)24-45-30-18-20-32(34(42)22-30)37-39-36(28-14-16-29(44-5)17-15-28)40-38(41-37)33-21-19-31(23-35(33)43)46-25-27(9-4)13-11-7-2/h14-23,26-27,42-43H,6-13,24-25H2,1-5H3/t26-,27-/m1/s1. The molecule has 0 aliphatic carbocycles. The van der Waals surface area contributed by atoms with Crippen molar-refractivity contribution in [2.45, 2.75) is 79.1 Å². The summed E-state index contributed by atoms with van der Waals surface area (Å²) in [6.07, 6.45) is 9.00. The molecule has 1 aromatic heterocycles. The smallest absolute Gasteiger partial charge is 0.167 e. The van der Waals surface area contributed by atoms with E-state index in [1.54, 1.807) is 31.4 Å². The average molecular weight is 628 g/mol. The van der Waals surface area contributed by atoms with Crippen molar-refractivity contribution in [2.24, 2.45) is 11.8 Å². The van der Waals surface area contributed by atoms with Gasteiger partial charge in [-0.05, 0) is 73.2 Å². The lowest BCUT2D eigenvalue weighted by atomic mass is 10.0. The summed E-state index contributed by atoms with van der Waals surface area (Å²) in [4.78, 5) is 14.2. The van der Waals surface area contributed by atoms with Crippen LogP contribution in [0.15, 0.2) is 60.7 Å². The van der Waals surface area contributed by atoms with Crippen LogP contribution in [-0.4, -0.2) is 45.5 Å². The molecule has 2 N–H and O–H groups in total. The number of aromatic nitrogens is 3. The number of hydrogen-bond donors (Lipinski definition) is 2. The monoisotopic (exact) mass is 627 g/mol. The van der Waals surface area contributed by atoms with Crippen LogP contribution in [0.5, 0.6) is 28.7 Å². The van der Waals surface area contributed by atoms with Crippen molar-refractivity contribution in [3.05, 3.63) is 60.7 Å². The molecule has 46 heavy (non-hydrogen) atoms. The number of rotatable bonds is 18. The highest BCUT2D eigenvalue weighted by atomic mass is 16.5. The number of phenols is 2. The number of phenolic OH excluding ortho intramolecular Hbond substituents is 2. The maximum Gasteiger partial charge on any atom is 0.167 e. The molecule has 0 fully saturated rings. The lowest BCUT2D eigenvalue weighted by Crippen LogP contribution is -2.11. The molecule has 0 saturated heterocycles. The van der Waals surface area contributed by atoms with Crippen LogP contribution >= 0.6 is 0 Å². The molecular formula is C38H49N3O5. The first-order valence-corrected chi connectivity index (χ1v) is 16.7. The summed E-state index contributed by atoms with van der Waals surface area (Å²) >= 11 is 0. The van der Waals surface area contributed by atoms with Gasteiger partial charge in [-0.1, -0.05) is 66.2 Å². The van der Waals surface area contributed by atoms with Crippen LogP contribution in [0.3, 0.4) is 0 Å². The predicted octanol–water partition coefficient (Wildman–Crippen LogP) is 9.48. The van der Waals surface area contributed by atoms with Gasteiger partial charge in [0.15, 0.2) is 17.5 Å². The van der Waals surface area contributed by atoms with Crippen LogP contribution in [0.4, 0.5) is 0 Å². The van der Waals surface area contributed by atoms with E-state index in [0.29, 0.717) is 59.2 Å². The first-order chi connectivity index (χ1) is 22.4. The molecule has 0 spiro atoms. The van der Waals surface area contributed by atoms with Crippen LogP contribution < -0.4 is 14.2 Å². The minimum atomic E-state index is -0.00143. The predicted molar refractivity (Wildman–Crippen MR) is 184 cm³/mol. The van der Waals surface area contributed by atoms with Crippen molar-refractivity contribution >= 4 is 0 Å². The summed E-state index contributed by atoms with van der Waals surface area (Å²) in [5.74, 6) is 3.77. The van der Waals surface area contributed by atoms with Gasteiger partial charge in [0.25, 0.3) is 0 Å². The third-order valence-electron chi connectivity index (χ3n) is 8.46. The highest BCUT2D eigenvalue weighted by Crippen LogP contribution is 2.36. The van der Waals surface area contributed by atoms with E-state index in [1.807, 2.05) is 36.4 Å². The summed E-state index contributed by atoms with van der Waals surface area (Å²) in [7, 11) is 1.61. The summed E-state index contributed by atoms with van der Waals surface area (Å²) in [5, 5.41) is 22.2. The van der Waals surface area contributed by atoms with Crippen molar-refractivity contribution in [1.82, 2.24) is 15.0 Å². The van der Waals surface area contributed by atoms with E-state index >= 15 is 0 Å². The van der Waals surface area contributed by atoms with E-state index in [1.165, 1.54) is 12.8 Å².